The van der Waals surface area contributed by atoms with E-state index in [9.17, 15) is 4.79 Å². The van der Waals surface area contributed by atoms with Crippen molar-refractivity contribution in [1.82, 2.24) is 25.1 Å². The molecule has 4 rings (SSSR count). The minimum Gasteiger partial charge on any atom is -0.346 e. The summed E-state index contributed by atoms with van der Waals surface area (Å²) in [6.45, 7) is 6.16. The molecule has 1 aliphatic heterocycles. The van der Waals surface area contributed by atoms with Crippen LogP contribution in [0.15, 0.2) is 18.2 Å². The zero-order valence-corrected chi connectivity index (χ0v) is 14.7. The van der Waals surface area contributed by atoms with Crippen molar-refractivity contribution in [3.63, 3.8) is 0 Å². The van der Waals surface area contributed by atoms with Gasteiger partial charge in [0.2, 0.25) is 5.91 Å². The number of hydrogen-bond donors (Lipinski definition) is 1. The summed E-state index contributed by atoms with van der Waals surface area (Å²) in [7, 11) is 0. The van der Waals surface area contributed by atoms with Crippen LogP contribution in [0.5, 0.6) is 0 Å². The number of benzene rings is 1. The summed E-state index contributed by atoms with van der Waals surface area (Å²) in [6, 6.07) is 6.05. The van der Waals surface area contributed by atoms with Crippen molar-refractivity contribution in [2.24, 2.45) is 0 Å². The van der Waals surface area contributed by atoms with E-state index in [2.05, 4.69) is 30.2 Å². The van der Waals surface area contributed by atoms with Crippen LogP contribution >= 0.6 is 11.3 Å². The van der Waals surface area contributed by atoms with Crippen molar-refractivity contribution < 1.29 is 4.79 Å². The number of carbonyl (C=O) groups is 1. The van der Waals surface area contributed by atoms with Crippen molar-refractivity contribution >= 4 is 27.5 Å². The van der Waals surface area contributed by atoms with Gasteiger partial charge in [0.15, 0.2) is 11.6 Å². The van der Waals surface area contributed by atoms with E-state index in [1.807, 2.05) is 23.7 Å². The Morgan fingerprint density at radius 3 is 2.88 bits per heavy atom. The fraction of sp³-hybridized carbons (Fsp3) is 0.412. The Kier molecular flexibility index (Phi) is 3.60. The average molecular weight is 341 g/mol. The van der Waals surface area contributed by atoms with E-state index in [0.717, 1.165) is 39.0 Å². The second kappa shape index (κ2) is 5.66. The summed E-state index contributed by atoms with van der Waals surface area (Å²) >= 11 is 1.67. The molecule has 1 aliphatic rings. The number of nitrogens with zero attached hydrogens (tertiary/aromatic N) is 4. The van der Waals surface area contributed by atoms with Crippen molar-refractivity contribution in [3.8, 4) is 5.69 Å². The Balaban J connectivity index is 1.83. The molecular weight excluding hydrogens is 322 g/mol. The van der Waals surface area contributed by atoms with Gasteiger partial charge in [0.25, 0.3) is 0 Å². The number of carbonyl (C=O) groups excluding carboxylic acids is 1. The predicted octanol–water partition coefficient (Wildman–Crippen LogP) is 3.26. The number of thiazole rings is 1. The van der Waals surface area contributed by atoms with Gasteiger partial charge in [-0.3, -0.25) is 4.79 Å². The van der Waals surface area contributed by atoms with Crippen LogP contribution in [-0.4, -0.2) is 25.7 Å². The summed E-state index contributed by atoms with van der Waals surface area (Å²) in [5.41, 5.74) is 1.96. The van der Waals surface area contributed by atoms with E-state index in [0.29, 0.717) is 6.42 Å². The minimum atomic E-state index is -0.0728. The topological polar surface area (TPSA) is 72.7 Å². The number of aromatic nitrogens is 4. The average Bonchev–Trinajstić information content (AvgIpc) is 3.22. The lowest BCUT2D eigenvalue weighted by molar-refractivity contribution is -0.119. The van der Waals surface area contributed by atoms with Gasteiger partial charge in [-0.1, -0.05) is 13.8 Å². The van der Waals surface area contributed by atoms with Crippen LogP contribution in [0.3, 0.4) is 0 Å². The third-order valence-electron chi connectivity index (χ3n) is 4.20. The van der Waals surface area contributed by atoms with Crippen molar-refractivity contribution in [2.45, 2.75) is 45.6 Å². The highest BCUT2D eigenvalue weighted by Crippen LogP contribution is 2.29. The summed E-state index contributed by atoms with van der Waals surface area (Å²) in [6.07, 6.45) is 1.30. The standard InChI is InChI=1S/C17H19N5OS/c1-9(2)16-20-17(13-6-7-15(23)19-13)22(21-16)11-4-5-12-14(8-11)24-10(3)18-12/h4-5,8-9,13H,6-7H2,1-3H3,(H,19,23)/t13-/m1/s1. The molecule has 1 fully saturated rings. The Hall–Kier alpha value is -2.28. The van der Waals surface area contributed by atoms with Crippen LogP contribution in [-0.2, 0) is 4.79 Å². The summed E-state index contributed by atoms with van der Waals surface area (Å²) in [5, 5.41) is 8.75. The van der Waals surface area contributed by atoms with Crippen LogP contribution in [0.1, 0.15) is 55.3 Å². The predicted molar refractivity (Wildman–Crippen MR) is 93.5 cm³/mol. The maximum Gasteiger partial charge on any atom is 0.220 e. The van der Waals surface area contributed by atoms with Crippen LogP contribution in [0.25, 0.3) is 15.9 Å². The lowest BCUT2D eigenvalue weighted by Gasteiger charge is -2.11. The van der Waals surface area contributed by atoms with Gasteiger partial charge in [0.1, 0.15) is 0 Å². The number of nitrogens with one attached hydrogen (secondary N) is 1. The maximum atomic E-state index is 11.6. The van der Waals surface area contributed by atoms with Gasteiger partial charge in [-0.05, 0) is 31.5 Å². The molecule has 124 valence electrons. The number of fused-ring (bicyclic) bond motifs is 1. The molecule has 0 saturated carbocycles. The molecule has 0 spiro atoms. The largest absolute Gasteiger partial charge is 0.346 e. The first-order valence-electron chi connectivity index (χ1n) is 8.15. The Morgan fingerprint density at radius 1 is 1.33 bits per heavy atom. The van der Waals surface area contributed by atoms with Crippen LogP contribution in [0.4, 0.5) is 0 Å². The Bertz CT molecular complexity index is 926. The SMILES string of the molecule is Cc1nc2ccc(-n3nc(C(C)C)nc3[C@H]3CCC(=O)N3)cc2s1. The number of hydrogen-bond acceptors (Lipinski definition) is 5. The smallest absolute Gasteiger partial charge is 0.220 e. The quantitative estimate of drug-likeness (QED) is 0.793. The zero-order chi connectivity index (χ0) is 16.8. The zero-order valence-electron chi connectivity index (χ0n) is 13.9. The highest BCUT2D eigenvalue weighted by atomic mass is 32.1. The van der Waals surface area contributed by atoms with E-state index < -0.39 is 0 Å². The van der Waals surface area contributed by atoms with Gasteiger partial charge < -0.3 is 5.32 Å². The summed E-state index contributed by atoms with van der Waals surface area (Å²) in [5.74, 6) is 1.92. The van der Waals surface area contributed by atoms with E-state index in [1.165, 1.54) is 0 Å². The molecule has 24 heavy (non-hydrogen) atoms. The molecule has 0 aliphatic carbocycles. The van der Waals surface area contributed by atoms with Crippen LogP contribution in [0.2, 0.25) is 0 Å². The summed E-state index contributed by atoms with van der Waals surface area (Å²) in [4.78, 5) is 20.8. The van der Waals surface area contributed by atoms with E-state index in [1.54, 1.807) is 11.3 Å². The first kappa shape index (κ1) is 15.3. The normalized spacial score (nSPS) is 17.8. The van der Waals surface area contributed by atoms with Gasteiger partial charge in [-0.2, -0.15) is 5.10 Å². The van der Waals surface area contributed by atoms with Crippen molar-refractivity contribution in [1.29, 1.82) is 0 Å². The lowest BCUT2D eigenvalue weighted by Crippen LogP contribution is -2.21. The van der Waals surface area contributed by atoms with Crippen LogP contribution in [0, 0.1) is 6.92 Å². The van der Waals surface area contributed by atoms with Crippen LogP contribution < -0.4 is 5.32 Å². The Morgan fingerprint density at radius 2 is 2.17 bits per heavy atom. The number of amides is 1. The van der Waals surface area contributed by atoms with Gasteiger partial charge in [-0.15, -0.1) is 11.3 Å². The minimum absolute atomic E-state index is 0.0728. The molecule has 3 aromatic rings. The van der Waals surface area contributed by atoms with Crippen molar-refractivity contribution in [3.05, 3.63) is 34.9 Å². The number of rotatable bonds is 3. The molecule has 0 bridgehead atoms. The monoisotopic (exact) mass is 341 g/mol. The third kappa shape index (κ3) is 2.58. The van der Waals surface area contributed by atoms with Gasteiger partial charge in [0.05, 0.1) is 27.0 Å². The first-order chi connectivity index (χ1) is 11.5. The molecule has 7 heteroatoms. The maximum absolute atomic E-state index is 11.6. The molecule has 1 amide bonds. The first-order valence-corrected chi connectivity index (χ1v) is 8.96. The molecule has 2 aromatic heterocycles. The molecular formula is C17H19N5OS. The molecule has 0 radical (unpaired) electrons. The molecule has 1 atom stereocenters. The summed E-state index contributed by atoms with van der Waals surface area (Å²) < 4.78 is 3.01. The van der Waals surface area contributed by atoms with Gasteiger partial charge in [-0.25, -0.2) is 14.6 Å². The third-order valence-corrected chi connectivity index (χ3v) is 5.13. The van der Waals surface area contributed by atoms with Gasteiger partial charge >= 0.3 is 0 Å². The molecule has 3 heterocycles. The van der Waals surface area contributed by atoms with E-state index in [-0.39, 0.29) is 17.9 Å². The second-order valence-corrected chi connectivity index (χ2v) is 7.67. The molecule has 1 aromatic carbocycles. The van der Waals surface area contributed by atoms with Crippen molar-refractivity contribution in [2.75, 3.05) is 0 Å². The highest BCUT2D eigenvalue weighted by Gasteiger charge is 2.28. The number of aryl methyl sites for hydroxylation is 1. The van der Waals surface area contributed by atoms with E-state index >= 15 is 0 Å². The highest BCUT2D eigenvalue weighted by molar-refractivity contribution is 7.18. The molecule has 1 N–H and O–H groups in total. The second-order valence-electron chi connectivity index (χ2n) is 6.44. The molecule has 0 unspecified atom stereocenters. The lowest BCUT2D eigenvalue weighted by atomic mass is 10.2. The molecule has 1 saturated heterocycles. The molecule has 6 nitrogen and oxygen atoms in total. The van der Waals surface area contributed by atoms with Gasteiger partial charge in [0, 0.05) is 12.3 Å². The Labute approximate surface area is 143 Å². The fourth-order valence-corrected chi connectivity index (χ4v) is 3.83. The fourth-order valence-electron chi connectivity index (χ4n) is 2.97. The van der Waals surface area contributed by atoms with E-state index in [4.69, 9.17) is 10.1 Å².